The highest BCUT2D eigenvalue weighted by molar-refractivity contribution is 9.10. The van der Waals surface area contributed by atoms with Crippen LogP contribution in [0.4, 0.5) is 0 Å². The van der Waals surface area contributed by atoms with Crippen LogP contribution >= 0.6 is 27.5 Å². The second-order valence-corrected chi connectivity index (χ2v) is 4.39. The lowest BCUT2D eigenvalue weighted by Gasteiger charge is -2.07. The Hall–Kier alpha value is -0.910. The molecule has 1 N–H and O–H groups in total. The van der Waals surface area contributed by atoms with E-state index >= 15 is 0 Å². The maximum atomic E-state index is 12.0. The largest absolute Gasteiger partial charge is 0.395 e. The van der Waals surface area contributed by atoms with Gasteiger partial charge in [-0.2, -0.15) is 0 Å². The van der Waals surface area contributed by atoms with Crippen molar-refractivity contribution in [2.24, 2.45) is 0 Å². The zero-order valence-corrected chi connectivity index (χ0v) is 10.5. The summed E-state index contributed by atoms with van der Waals surface area (Å²) in [7, 11) is 0. The standard InChI is InChI=1S/C10H8BrClN2O2/c11-7-3-1-2-6-8(7)13-10(12)14(4-5-15)9(6)16/h1-3,15H,4-5H2. The van der Waals surface area contributed by atoms with Gasteiger partial charge in [0, 0.05) is 4.47 Å². The Morgan fingerprint density at radius 1 is 1.50 bits per heavy atom. The monoisotopic (exact) mass is 302 g/mol. The fourth-order valence-electron chi connectivity index (χ4n) is 1.48. The van der Waals surface area contributed by atoms with E-state index in [4.69, 9.17) is 16.7 Å². The molecule has 0 saturated heterocycles. The van der Waals surface area contributed by atoms with E-state index in [1.54, 1.807) is 18.2 Å². The summed E-state index contributed by atoms with van der Waals surface area (Å²) in [6.45, 7) is -0.00602. The zero-order chi connectivity index (χ0) is 11.7. The fourth-order valence-corrected chi connectivity index (χ4v) is 2.18. The molecule has 0 aliphatic carbocycles. The van der Waals surface area contributed by atoms with E-state index < -0.39 is 0 Å². The van der Waals surface area contributed by atoms with Gasteiger partial charge < -0.3 is 5.11 Å². The molecule has 0 atom stereocenters. The number of aliphatic hydroxyl groups is 1. The van der Waals surface area contributed by atoms with Gasteiger partial charge >= 0.3 is 0 Å². The molecule has 0 spiro atoms. The third-order valence-electron chi connectivity index (χ3n) is 2.21. The molecule has 84 valence electrons. The minimum Gasteiger partial charge on any atom is -0.395 e. The number of hydrogen-bond acceptors (Lipinski definition) is 3. The molecular weight excluding hydrogens is 295 g/mol. The number of aromatic nitrogens is 2. The molecule has 0 aliphatic heterocycles. The van der Waals surface area contributed by atoms with Crippen molar-refractivity contribution in [3.63, 3.8) is 0 Å². The first-order valence-corrected chi connectivity index (χ1v) is 5.77. The van der Waals surface area contributed by atoms with E-state index in [0.717, 1.165) is 4.47 Å². The number of nitrogens with zero attached hydrogens (tertiary/aromatic N) is 2. The lowest BCUT2D eigenvalue weighted by atomic mass is 10.2. The van der Waals surface area contributed by atoms with Crippen molar-refractivity contribution in [1.82, 2.24) is 9.55 Å². The predicted molar refractivity (Wildman–Crippen MR) is 65.8 cm³/mol. The van der Waals surface area contributed by atoms with Gasteiger partial charge in [-0.15, -0.1) is 0 Å². The summed E-state index contributed by atoms with van der Waals surface area (Å²) >= 11 is 9.19. The minimum atomic E-state index is -0.245. The highest BCUT2D eigenvalue weighted by Gasteiger charge is 2.10. The van der Waals surface area contributed by atoms with E-state index in [-0.39, 0.29) is 24.0 Å². The van der Waals surface area contributed by atoms with Gasteiger partial charge in [-0.05, 0) is 39.7 Å². The average Bonchev–Trinajstić information content (AvgIpc) is 2.26. The van der Waals surface area contributed by atoms with E-state index in [2.05, 4.69) is 20.9 Å². The Balaban J connectivity index is 2.84. The Morgan fingerprint density at radius 3 is 2.94 bits per heavy atom. The first-order chi connectivity index (χ1) is 7.65. The van der Waals surface area contributed by atoms with Crippen molar-refractivity contribution >= 4 is 38.4 Å². The lowest BCUT2D eigenvalue weighted by molar-refractivity contribution is 0.274. The summed E-state index contributed by atoms with van der Waals surface area (Å²) < 4.78 is 1.97. The maximum Gasteiger partial charge on any atom is 0.262 e. The Kier molecular flexibility index (Phi) is 3.28. The summed E-state index contributed by atoms with van der Waals surface area (Å²) in [5, 5.41) is 9.40. The SMILES string of the molecule is O=c1c2cccc(Br)c2nc(Cl)n1CCO. The number of aliphatic hydroxyl groups excluding tert-OH is 1. The molecule has 2 aromatic rings. The molecule has 1 aromatic heterocycles. The Bertz CT molecular complexity index is 597. The first kappa shape index (κ1) is 11.6. The molecule has 0 fully saturated rings. The van der Waals surface area contributed by atoms with E-state index in [9.17, 15) is 4.79 Å². The van der Waals surface area contributed by atoms with Gasteiger partial charge in [-0.1, -0.05) is 6.07 Å². The number of benzene rings is 1. The Labute approximate surface area is 105 Å². The number of para-hydroxylation sites is 1. The molecule has 0 radical (unpaired) electrons. The molecule has 0 aliphatic rings. The molecule has 0 saturated carbocycles. The summed E-state index contributed by atoms with van der Waals surface area (Å²) in [6.07, 6.45) is 0. The van der Waals surface area contributed by atoms with Gasteiger partial charge in [0.2, 0.25) is 5.28 Å². The molecule has 0 amide bonds. The third-order valence-corrected chi connectivity index (χ3v) is 3.14. The molecule has 0 unspecified atom stereocenters. The molecule has 4 nitrogen and oxygen atoms in total. The summed E-state index contributed by atoms with van der Waals surface area (Å²) in [6, 6.07) is 5.23. The number of fused-ring (bicyclic) bond motifs is 1. The van der Waals surface area contributed by atoms with Crippen LogP contribution in [0.25, 0.3) is 10.9 Å². The van der Waals surface area contributed by atoms with Crippen LogP contribution in [0, 0.1) is 0 Å². The van der Waals surface area contributed by atoms with E-state index in [1.165, 1.54) is 4.57 Å². The Morgan fingerprint density at radius 2 is 2.25 bits per heavy atom. The first-order valence-electron chi connectivity index (χ1n) is 4.60. The van der Waals surface area contributed by atoms with Crippen molar-refractivity contribution in [3.8, 4) is 0 Å². The second kappa shape index (κ2) is 4.53. The van der Waals surface area contributed by atoms with Gasteiger partial charge in [0.05, 0.1) is 24.1 Å². The summed E-state index contributed by atoms with van der Waals surface area (Å²) in [4.78, 5) is 16.1. The zero-order valence-electron chi connectivity index (χ0n) is 8.15. The van der Waals surface area contributed by atoms with Gasteiger partial charge in [-0.3, -0.25) is 9.36 Å². The quantitative estimate of drug-likeness (QED) is 0.861. The molecular formula is C10H8BrClN2O2. The van der Waals surface area contributed by atoms with Gasteiger partial charge in [-0.25, -0.2) is 4.98 Å². The molecule has 1 heterocycles. The maximum absolute atomic E-state index is 12.0. The third kappa shape index (κ3) is 1.86. The normalized spacial score (nSPS) is 10.9. The molecule has 1 aromatic carbocycles. The van der Waals surface area contributed by atoms with Crippen LogP contribution in [0.5, 0.6) is 0 Å². The molecule has 6 heteroatoms. The van der Waals surface area contributed by atoms with Crippen molar-refractivity contribution in [3.05, 3.63) is 38.3 Å². The van der Waals surface area contributed by atoms with Crippen molar-refractivity contribution in [2.75, 3.05) is 6.61 Å². The molecule has 16 heavy (non-hydrogen) atoms. The van der Waals surface area contributed by atoms with Crippen LogP contribution in [0.2, 0.25) is 5.28 Å². The minimum absolute atomic E-state index is 0.0819. The van der Waals surface area contributed by atoms with Gasteiger partial charge in [0.25, 0.3) is 5.56 Å². The van der Waals surface area contributed by atoms with Crippen LogP contribution in [0.1, 0.15) is 0 Å². The van der Waals surface area contributed by atoms with Crippen LogP contribution in [-0.2, 0) is 6.54 Å². The smallest absolute Gasteiger partial charge is 0.262 e. The van der Waals surface area contributed by atoms with Gasteiger partial charge in [0.1, 0.15) is 0 Å². The van der Waals surface area contributed by atoms with Crippen LogP contribution < -0.4 is 5.56 Å². The van der Waals surface area contributed by atoms with Crippen LogP contribution in [0.15, 0.2) is 27.5 Å². The van der Waals surface area contributed by atoms with Crippen molar-refractivity contribution in [2.45, 2.75) is 6.54 Å². The van der Waals surface area contributed by atoms with Crippen LogP contribution in [-0.4, -0.2) is 21.3 Å². The van der Waals surface area contributed by atoms with E-state index in [0.29, 0.717) is 10.9 Å². The highest BCUT2D eigenvalue weighted by Crippen LogP contribution is 2.20. The number of hydrogen-bond donors (Lipinski definition) is 1. The fraction of sp³-hybridized carbons (Fsp3) is 0.200. The average molecular weight is 304 g/mol. The van der Waals surface area contributed by atoms with Crippen molar-refractivity contribution in [1.29, 1.82) is 0 Å². The summed E-state index contributed by atoms with van der Waals surface area (Å²) in [5.41, 5.74) is 0.289. The number of rotatable bonds is 2. The predicted octanol–water partition coefficient (Wildman–Crippen LogP) is 1.80. The second-order valence-electron chi connectivity index (χ2n) is 3.20. The van der Waals surface area contributed by atoms with Crippen LogP contribution in [0.3, 0.4) is 0 Å². The molecule has 0 bridgehead atoms. The molecule has 2 rings (SSSR count). The summed E-state index contributed by atoms with van der Waals surface area (Å²) in [5.74, 6) is 0. The van der Waals surface area contributed by atoms with Crippen molar-refractivity contribution < 1.29 is 5.11 Å². The van der Waals surface area contributed by atoms with Gasteiger partial charge in [0.15, 0.2) is 0 Å². The topological polar surface area (TPSA) is 55.1 Å². The number of halogens is 2. The lowest BCUT2D eigenvalue weighted by Crippen LogP contribution is -2.23. The van der Waals surface area contributed by atoms with E-state index in [1.807, 2.05) is 0 Å². The highest BCUT2D eigenvalue weighted by atomic mass is 79.9.